The minimum Gasteiger partial charge on any atom is -0.386 e. The van der Waals surface area contributed by atoms with E-state index in [1.807, 2.05) is 38.6 Å². The fraction of sp³-hybridized carbons (Fsp3) is 0.667. The molecule has 1 rings (SSSR count). The summed E-state index contributed by atoms with van der Waals surface area (Å²) >= 11 is 0. The molecule has 0 saturated heterocycles. The number of rotatable bonds is 1. The van der Waals surface area contributed by atoms with Gasteiger partial charge in [-0.2, -0.15) is 0 Å². The van der Waals surface area contributed by atoms with Crippen molar-refractivity contribution in [3.63, 3.8) is 0 Å². The van der Waals surface area contributed by atoms with Gasteiger partial charge in [0.15, 0.2) is 0 Å². The molecular weight excluding hydrogens is 152 g/mol. The fourth-order valence-electron chi connectivity index (χ4n) is 1.02. The number of hydrogen-bond donors (Lipinski definition) is 1. The minimum atomic E-state index is -0.487. The van der Waals surface area contributed by atoms with Crippen LogP contribution in [0.1, 0.15) is 32.6 Å². The number of aromatic nitrogens is 2. The molecule has 0 radical (unpaired) electrons. The molecule has 1 unspecified atom stereocenters. The predicted molar refractivity (Wildman–Crippen MR) is 47.6 cm³/mol. The highest BCUT2D eigenvalue weighted by atomic mass is 16.3. The first kappa shape index (κ1) is 9.26. The molecule has 0 bridgehead atoms. The number of nitrogens with zero attached hydrogens (tertiary/aromatic N) is 2. The Morgan fingerprint density at radius 1 is 1.50 bits per heavy atom. The van der Waals surface area contributed by atoms with Crippen LogP contribution >= 0.6 is 0 Å². The van der Waals surface area contributed by atoms with Gasteiger partial charge in [-0.1, -0.05) is 20.8 Å². The van der Waals surface area contributed by atoms with Crippen LogP contribution in [0.2, 0.25) is 0 Å². The monoisotopic (exact) mass is 168 g/mol. The van der Waals surface area contributed by atoms with E-state index in [1.54, 1.807) is 6.33 Å². The predicted octanol–water partition coefficient (Wildman–Crippen LogP) is 1.50. The summed E-state index contributed by atoms with van der Waals surface area (Å²) in [7, 11) is 1.89. The molecule has 0 aromatic carbocycles. The second-order valence-corrected chi connectivity index (χ2v) is 4.23. The molecule has 1 atom stereocenters. The third-order valence-electron chi connectivity index (χ3n) is 1.83. The van der Waals surface area contributed by atoms with E-state index in [1.165, 1.54) is 0 Å². The molecule has 1 aromatic heterocycles. The zero-order valence-corrected chi connectivity index (χ0v) is 8.07. The normalized spacial score (nSPS) is 14.8. The third kappa shape index (κ3) is 1.85. The van der Waals surface area contributed by atoms with Crippen molar-refractivity contribution in [1.29, 1.82) is 0 Å². The Bertz CT molecular complexity index is 260. The van der Waals surface area contributed by atoms with E-state index in [0.717, 1.165) is 5.69 Å². The van der Waals surface area contributed by atoms with Crippen LogP contribution in [-0.2, 0) is 7.05 Å². The van der Waals surface area contributed by atoms with E-state index in [2.05, 4.69) is 4.98 Å². The summed E-state index contributed by atoms with van der Waals surface area (Å²) in [5, 5.41) is 9.79. The largest absolute Gasteiger partial charge is 0.386 e. The number of aryl methyl sites for hydroxylation is 1. The lowest BCUT2D eigenvalue weighted by atomic mass is 9.87. The molecule has 0 aliphatic rings. The van der Waals surface area contributed by atoms with Crippen molar-refractivity contribution in [2.75, 3.05) is 0 Å². The Hall–Kier alpha value is -0.830. The minimum absolute atomic E-state index is 0.144. The zero-order valence-electron chi connectivity index (χ0n) is 8.07. The molecule has 0 spiro atoms. The molecule has 0 aliphatic carbocycles. The molecule has 0 fully saturated rings. The highest BCUT2D eigenvalue weighted by Gasteiger charge is 2.25. The second-order valence-electron chi connectivity index (χ2n) is 4.23. The van der Waals surface area contributed by atoms with Crippen LogP contribution in [0.15, 0.2) is 12.5 Å². The van der Waals surface area contributed by atoms with Crippen LogP contribution in [0, 0.1) is 5.41 Å². The summed E-state index contributed by atoms with van der Waals surface area (Å²) in [6, 6.07) is 0. The van der Waals surface area contributed by atoms with Crippen LogP contribution in [-0.4, -0.2) is 14.7 Å². The molecule has 0 aliphatic heterocycles. The van der Waals surface area contributed by atoms with Crippen molar-refractivity contribution < 1.29 is 5.11 Å². The topological polar surface area (TPSA) is 38.0 Å². The molecule has 3 nitrogen and oxygen atoms in total. The second kappa shape index (κ2) is 2.90. The highest BCUT2D eigenvalue weighted by molar-refractivity contribution is 5.03. The SMILES string of the molecule is Cn1cnc(C(O)C(C)(C)C)c1. The molecular formula is C9H16N2O. The van der Waals surface area contributed by atoms with Gasteiger partial charge in [0, 0.05) is 13.2 Å². The van der Waals surface area contributed by atoms with Gasteiger partial charge in [-0.15, -0.1) is 0 Å². The quantitative estimate of drug-likeness (QED) is 0.690. The lowest BCUT2D eigenvalue weighted by Gasteiger charge is -2.23. The number of hydrogen-bond acceptors (Lipinski definition) is 2. The maximum absolute atomic E-state index is 9.79. The van der Waals surface area contributed by atoms with E-state index >= 15 is 0 Å². The van der Waals surface area contributed by atoms with E-state index in [4.69, 9.17) is 0 Å². The average molecular weight is 168 g/mol. The first-order valence-electron chi connectivity index (χ1n) is 4.07. The van der Waals surface area contributed by atoms with Crippen LogP contribution in [0.4, 0.5) is 0 Å². The van der Waals surface area contributed by atoms with Gasteiger partial charge < -0.3 is 9.67 Å². The molecule has 1 N–H and O–H groups in total. The fourth-order valence-corrected chi connectivity index (χ4v) is 1.02. The first-order chi connectivity index (χ1) is 5.41. The van der Waals surface area contributed by atoms with Crippen LogP contribution in [0.3, 0.4) is 0 Å². The lowest BCUT2D eigenvalue weighted by Crippen LogP contribution is -2.18. The molecule has 12 heavy (non-hydrogen) atoms. The van der Waals surface area contributed by atoms with Gasteiger partial charge in [0.25, 0.3) is 0 Å². The van der Waals surface area contributed by atoms with Crippen LogP contribution < -0.4 is 0 Å². The highest BCUT2D eigenvalue weighted by Crippen LogP contribution is 2.30. The lowest BCUT2D eigenvalue weighted by molar-refractivity contribution is 0.0592. The van der Waals surface area contributed by atoms with E-state index in [-0.39, 0.29) is 5.41 Å². The Kier molecular flexibility index (Phi) is 2.24. The smallest absolute Gasteiger partial charge is 0.102 e. The molecule has 1 heterocycles. The van der Waals surface area contributed by atoms with E-state index in [0.29, 0.717) is 0 Å². The average Bonchev–Trinajstić information content (AvgIpc) is 2.32. The van der Waals surface area contributed by atoms with Gasteiger partial charge in [0.2, 0.25) is 0 Å². The van der Waals surface area contributed by atoms with Crippen molar-refractivity contribution in [2.45, 2.75) is 26.9 Å². The van der Waals surface area contributed by atoms with Gasteiger partial charge in [-0.25, -0.2) is 4.98 Å². The number of aliphatic hydroxyl groups is 1. The number of aliphatic hydroxyl groups excluding tert-OH is 1. The van der Waals surface area contributed by atoms with Crippen LogP contribution in [0.25, 0.3) is 0 Å². The van der Waals surface area contributed by atoms with Crippen molar-refractivity contribution >= 4 is 0 Å². The number of imidazole rings is 1. The van der Waals surface area contributed by atoms with Crippen molar-refractivity contribution in [2.24, 2.45) is 12.5 Å². The van der Waals surface area contributed by atoms with Crippen molar-refractivity contribution in [3.05, 3.63) is 18.2 Å². The van der Waals surface area contributed by atoms with Gasteiger partial charge in [0.05, 0.1) is 12.0 Å². The maximum atomic E-state index is 9.79. The summed E-state index contributed by atoms with van der Waals surface area (Å²) < 4.78 is 1.84. The Labute approximate surface area is 73.1 Å². The van der Waals surface area contributed by atoms with E-state index < -0.39 is 6.10 Å². The summed E-state index contributed by atoms with van der Waals surface area (Å²) in [6.07, 6.45) is 3.05. The Balaban J connectivity index is 2.85. The summed E-state index contributed by atoms with van der Waals surface area (Å²) in [5.74, 6) is 0. The zero-order chi connectivity index (χ0) is 9.35. The third-order valence-corrected chi connectivity index (χ3v) is 1.83. The summed E-state index contributed by atoms with van der Waals surface area (Å²) in [4.78, 5) is 4.10. The standard InChI is InChI=1S/C9H16N2O/c1-9(2,3)8(12)7-5-11(4)6-10-7/h5-6,8,12H,1-4H3. The molecule has 1 aromatic rings. The molecule has 3 heteroatoms. The van der Waals surface area contributed by atoms with Crippen molar-refractivity contribution in [3.8, 4) is 0 Å². The van der Waals surface area contributed by atoms with Gasteiger partial charge in [0.1, 0.15) is 6.10 Å². The van der Waals surface area contributed by atoms with Crippen molar-refractivity contribution in [1.82, 2.24) is 9.55 Å². The molecule has 0 saturated carbocycles. The van der Waals surface area contributed by atoms with Crippen LogP contribution in [0.5, 0.6) is 0 Å². The van der Waals surface area contributed by atoms with Gasteiger partial charge >= 0.3 is 0 Å². The summed E-state index contributed by atoms with van der Waals surface area (Å²) in [6.45, 7) is 5.98. The first-order valence-corrected chi connectivity index (χ1v) is 4.07. The van der Waals surface area contributed by atoms with E-state index in [9.17, 15) is 5.11 Å². The molecule has 0 amide bonds. The van der Waals surface area contributed by atoms with Gasteiger partial charge in [-0.3, -0.25) is 0 Å². The summed E-state index contributed by atoms with van der Waals surface area (Å²) in [5.41, 5.74) is 0.596. The maximum Gasteiger partial charge on any atom is 0.102 e. The Morgan fingerprint density at radius 2 is 2.08 bits per heavy atom. The molecule has 68 valence electrons. The van der Waals surface area contributed by atoms with Gasteiger partial charge in [-0.05, 0) is 5.41 Å². The Morgan fingerprint density at radius 3 is 2.42 bits per heavy atom.